The van der Waals surface area contributed by atoms with E-state index in [-0.39, 0.29) is 31.6 Å². The quantitative estimate of drug-likeness (QED) is 0.503. The molecule has 10 nitrogen and oxygen atoms in total. The third kappa shape index (κ3) is 9.66. The van der Waals surface area contributed by atoms with Gasteiger partial charge in [-0.15, -0.1) is 0 Å². The van der Waals surface area contributed by atoms with Crippen molar-refractivity contribution in [2.24, 2.45) is 0 Å². The zero-order valence-corrected chi connectivity index (χ0v) is 15.6. The van der Waals surface area contributed by atoms with Crippen molar-refractivity contribution in [3.8, 4) is 0 Å². The minimum absolute atomic E-state index is 0.0395. The van der Waals surface area contributed by atoms with E-state index in [1.165, 1.54) is 14.2 Å². The highest BCUT2D eigenvalue weighted by atomic mass is 16.5. The van der Waals surface area contributed by atoms with Gasteiger partial charge in [-0.1, -0.05) is 0 Å². The molecule has 26 heavy (non-hydrogen) atoms. The van der Waals surface area contributed by atoms with Gasteiger partial charge in [0.05, 0.1) is 33.9 Å². The number of carboxylic acid groups (broad SMARTS) is 1. The van der Waals surface area contributed by atoms with Gasteiger partial charge < -0.3 is 19.9 Å². The molecule has 0 aliphatic carbocycles. The SMILES string of the molecule is COC(=O)CN1CCNCCN(CC(=O)O)CCN(CC(=O)OC)CC1. The molecular formula is C16H30N4O6. The van der Waals surface area contributed by atoms with Crippen LogP contribution in [0.3, 0.4) is 0 Å². The lowest BCUT2D eigenvalue weighted by Crippen LogP contribution is -2.47. The summed E-state index contributed by atoms with van der Waals surface area (Å²) in [5.74, 6) is -1.52. The monoisotopic (exact) mass is 374 g/mol. The summed E-state index contributed by atoms with van der Waals surface area (Å²) in [5.41, 5.74) is 0. The second-order valence-electron chi connectivity index (χ2n) is 6.12. The topological polar surface area (TPSA) is 112 Å². The largest absolute Gasteiger partial charge is 0.480 e. The van der Waals surface area contributed by atoms with E-state index in [4.69, 9.17) is 14.6 Å². The summed E-state index contributed by atoms with van der Waals surface area (Å²) in [6.07, 6.45) is 0. The molecule has 1 heterocycles. The predicted molar refractivity (Wildman–Crippen MR) is 93.9 cm³/mol. The summed E-state index contributed by atoms with van der Waals surface area (Å²) < 4.78 is 9.47. The summed E-state index contributed by atoms with van der Waals surface area (Å²) in [7, 11) is 2.70. The number of hydrogen-bond donors (Lipinski definition) is 2. The minimum atomic E-state index is -0.874. The van der Waals surface area contributed by atoms with E-state index in [0.717, 1.165) is 0 Å². The highest BCUT2D eigenvalue weighted by molar-refractivity contribution is 5.72. The number of nitrogens with zero attached hydrogens (tertiary/aromatic N) is 3. The van der Waals surface area contributed by atoms with Crippen LogP contribution in [0.4, 0.5) is 0 Å². The van der Waals surface area contributed by atoms with Crippen LogP contribution in [0.15, 0.2) is 0 Å². The molecule has 0 saturated carbocycles. The highest BCUT2D eigenvalue weighted by Gasteiger charge is 2.18. The number of ether oxygens (including phenoxy) is 2. The normalized spacial score (nSPS) is 19.2. The fourth-order valence-corrected chi connectivity index (χ4v) is 2.66. The third-order valence-electron chi connectivity index (χ3n) is 4.19. The van der Waals surface area contributed by atoms with Crippen LogP contribution in [0.1, 0.15) is 0 Å². The van der Waals surface area contributed by atoms with Crippen LogP contribution < -0.4 is 5.32 Å². The van der Waals surface area contributed by atoms with Crippen molar-refractivity contribution in [3.05, 3.63) is 0 Å². The van der Waals surface area contributed by atoms with Gasteiger partial charge in [-0.2, -0.15) is 0 Å². The van der Waals surface area contributed by atoms with Crippen molar-refractivity contribution in [3.63, 3.8) is 0 Å². The molecule has 1 aliphatic rings. The van der Waals surface area contributed by atoms with E-state index in [2.05, 4.69) is 5.32 Å². The number of carbonyl (C=O) groups is 3. The van der Waals surface area contributed by atoms with Crippen molar-refractivity contribution in [2.45, 2.75) is 0 Å². The number of carboxylic acids is 1. The Labute approximate surface area is 154 Å². The molecule has 0 bridgehead atoms. The average Bonchev–Trinajstić information content (AvgIpc) is 2.60. The molecular weight excluding hydrogens is 344 g/mol. The number of carbonyl (C=O) groups excluding carboxylic acids is 2. The molecule has 0 aromatic carbocycles. The molecule has 1 saturated heterocycles. The zero-order valence-electron chi connectivity index (χ0n) is 15.6. The lowest BCUT2D eigenvalue weighted by Gasteiger charge is -2.30. The van der Waals surface area contributed by atoms with Crippen molar-refractivity contribution < 1.29 is 29.0 Å². The fraction of sp³-hybridized carbons (Fsp3) is 0.812. The molecule has 10 heteroatoms. The number of esters is 2. The molecule has 0 amide bonds. The van der Waals surface area contributed by atoms with Gasteiger partial charge in [-0.25, -0.2) is 0 Å². The van der Waals surface area contributed by atoms with Crippen LogP contribution in [0.25, 0.3) is 0 Å². The first-order valence-corrected chi connectivity index (χ1v) is 8.67. The van der Waals surface area contributed by atoms with Gasteiger partial charge in [0.15, 0.2) is 0 Å². The summed E-state index contributed by atoms with van der Waals surface area (Å²) >= 11 is 0. The van der Waals surface area contributed by atoms with Crippen LogP contribution >= 0.6 is 0 Å². The van der Waals surface area contributed by atoms with Gasteiger partial charge in [0.25, 0.3) is 0 Å². The maximum absolute atomic E-state index is 11.7. The molecule has 0 aromatic heterocycles. The molecule has 150 valence electrons. The molecule has 0 spiro atoms. The minimum Gasteiger partial charge on any atom is -0.480 e. The van der Waals surface area contributed by atoms with Crippen molar-refractivity contribution in [2.75, 3.05) is 86.2 Å². The predicted octanol–water partition coefficient (Wildman–Crippen LogP) is -2.07. The second-order valence-corrected chi connectivity index (χ2v) is 6.12. The van der Waals surface area contributed by atoms with Crippen LogP contribution in [0.5, 0.6) is 0 Å². The van der Waals surface area contributed by atoms with Crippen molar-refractivity contribution >= 4 is 17.9 Å². The fourth-order valence-electron chi connectivity index (χ4n) is 2.66. The molecule has 1 rings (SSSR count). The Morgan fingerprint density at radius 3 is 1.54 bits per heavy atom. The Hall–Kier alpha value is -1.75. The first-order valence-electron chi connectivity index (χ1n) is 8.67. The maximum Gasteiger partial charge on any atom is 0.319 e. The van der Waals surface area contributed by atoms with Crippen LogP contribution in [0.2, 0.25) is 0 Å². The molecule has 1 fully saturated rings. The molecule has 0 aromatic rings. The zero-order chi connectivity index (χ0) is 19.4. The number of rotatable bonds is 6. The first-order chi connectivity index (χ1) is 12.4. The molecule has 0 radical (unpaired) electrons. The Bertz CT molecular complexity index is 462. The second kappa shape index (κ2) is 12.6. The summed E-state index contributed by atoms with van der Waals surface area (Å²) in [6.45, 7) is 5.07. The smallest absolute Gasteiger partial charge is 0.319 e. The molecule has 1 aliphatic heterocycles. The molecule has 0 unspecified atom stereocenters. The first kappa shape index (κ1) is 22.3. The molecule has 0 atom stereocenters. The molecule has 2 N–H and O–H groups in total. The van der Waals surface area contributed by atoms with Gasteiger partial charge in [0.2, 0.25) is 0 Å². The Morgan fingerprint density at radius 1 is 0.769 bits per heavy atom. The standard InChI is InChI=1S/C16H30N4O6/c1-25-15(23)12-19-6-4-17-3-5-18(11-14(21)22)7-9-20(10-8-19)13-16(24)26-2/h17H,3-13H2,1-2H3,(H,21,22). The number of methoxy groups -OCH3 is 2. The lowest BCUT2D eigenvalue weighted by molar-refractivity contribution is -0.143. The number of aliphatic carboxylic acids is 1. The van der Waals surface area contributed by atoms with Crippen LogP contribution in [-0.4, -0.2) is 124 Å². The van der Waals surface area contributed by atoms with Crippen molar-refractivity contribution in [1.82, 2.24) is 20.0 Å². The van der Waals surface area contributed by atoms with Gasteiger partial charge in [0, 0.05) is 52.4 Å². The highest BCUT2D eigenvalue weighted by Crippen LogP contribution is 1.98. The summed E-state index contributed by atoms with van der Waals surface area (Å²) in [6, 6.07) is 0. The van der Waals surface area contributed by atoms with Crippen LogP contribution in [0, 0.1) is 0 Å². The summed E-state index contributed by atoms with van der Waals surface area (Å²) in [4.78, 5) is 40.0. The van der Waals surface area contributed by atoms with E-state index < -0.39 is 5.97 Å². The van der Waals surface area contributed by atoms with Crippen LogP contribution in [-0.2, 0) is 23.9 Å². The van der Waals surface area contributed by atoms with E-state index in [9.17, 15) is 14.4 Å². The van der Waals surface area contributed by atoms with E-state index in [0.29, 0.717) is 52.4 Å². The van der Waals surface area contributed by atoms with E-state index >= 15 is 0 Å². The van der Waals surface area contributed by atoms with Gasteiger partial charge in [-0.3, -0.25) is 29.1 Å². The van der Waals surface area contributed by atoms with Gasteiger partial charge >= 0.3 is 17.9 Å². The van der Waals surface area contributed by atoms with Gasteiger partial charge in [0.1, 0.15) is 0 Å². The Morgan fingerprint density at radius 2 is 1.15 bits per heavy atom. The number of hydrogen-bond acceptors (Lipinski definition) is 9. The van der Waals surface area contributed by atoms with E-state index in [1.54, 1.807) is 0 Å². The lowest BCUT2D eigenvalue weighted by atomic mass is 10.3. The summed E-state index contributed by atoms with van der Waals surface area (Å²) in [5, 5.41) is 12.3. The average molecular weight is 374 g/mol. The van der Waals surface area contributed by atoms with E-state index in [1.807, 2.05) is 14.7 Å². The third-order valence-corrected chi connectivity index (χ3v) is 4.19. The number of nitrogens with one attached hydrogen (secondary N) is 1. The van der Waals surface area contributed by atoms with Gasteiger partial charge in [-0.05, 0) is 0 Å². The maximum atomic E-state index is 11.7. The Balaban J connectivity index is 2.72. The van der Waals surface area contributed by atoms with Crippen molar-refractivity contribution in [1.29, 1.82) is 0 Å². The Kier molecular flexibility index (Phi) is 10.8.